The molecule has 0 saturated heterocycles. The summed E-state index contributed by atoms with van der Waals surface area (Å²) < 4.78 is 0. The Hall–Kier alpha value is -2.12. The van der Waals surface area contributed by atoms with Crippen molar-refractivity contribution in [3.05, 3.63) is 28.8 Å². The summed E-state index contributed by atoms with van der Waals surface area (Å²) in [6, 6.07) is 3.99. The third-order valence-corrected chi connectivity index (χ3v) is 2.43. The summed E-state index contributed by atoms with van der Waals surface area (Å²) in [5, 5.41) is 13.5. The number of halogens is 1. The fourth-order valence-corrected chi connectivity index (χ4v) is 1.48. The molecule has 2 amide bonds. The lowest BCUT2D eigenvalue weighted by Crippen LogP contribution is -2.36. The summed E-state index contributed by atoms with van der Waals surface area (Å²) in [5.74, 6) is -2.08. The molecule has 0 radical (unpaired) electrons. The van der Waals surface area contributed by atoms with Gasteiger partial charge >= 0.3 is 5.97 Å². The first-order valence-electron chi connectivity index (χ1n) is 5.23. The number of carboxylic acid groups (broad SMARTS) is 1. The second-order valence-electron chi connectivity index (χ2n) is 3.53. The normalized spacial score (nSPS) is 9.79. The highest BCUT2D eigenvalue weighted by Crippen LogP contribution is 2.20. The van der Waals surface area contributed by atoms with Gasteiger partial charge in [-0.3, -0.25) is 9.59 Å². The molecule has 5 N–H and O–H groups in total. The number of aromatic carboxylic acids is 1. The molecule has 0 saturated carbocycles. The van der Waals surface area contributed by atoms with Crippen LogP contribution in [-0.2, 0) is 9.59 Å². The maximum atomic E-state index is 11.4. The van der Waals surface area contributed by atoms with Gasteiger partial charge in [0.1, 0.15) is 0 Å². The molecule has 1 aromatic rings. The summed E-state index contributed by atoms with van der Waals surface area (Å²) in [4.78, 5) is 33.0. The van der Waals surface area contributed by atoms with E-state index in [1.807, 2.05) is 0 Å². The molecule has 0 unspecified atom stereocenters. The highest BCUT2D eigenvalue weighted by atomic mass is 35.5. The maximum absolute atomic E-state index is 11.4. The lowest BCUT2D eigenvalue weighted by molar-refractivity contribution is -0.123. The van der Waals surface area contributed by atoms with Crippen molar-refractivity contribution in [3.63, 3.8) is 0 Å². The Morgan fingerprint density at radius 3 is 2.47 bits per heavy atom. The van der Waals surface area contributed by atoms with Crippen LogP contribution in [0.15, 0.2) is 18.2 Å². The van der Waals surface area contributed by atoms with Gasteiger partial charge in [0, 0.05) is 5.69 Å². The molecular weight excluding hydrogens is 274 g/mol. The molecule has 0 aromatic heterocycles. The second-order valence-corrected chi connectivity index (χ2v) is 3.94. The van der Waals surface area contributed by atoms with Gasteiger partial charge in [0.25, 0.3) is 0 Å². The van der Waals surface area contributed by atoms with Gasteiger partial charge < -0.3 is 21.5 Å². The predicted molar refractivity (Wildman–Crippen MR) is 69.1 cm³/mol. The average Bonchev–Trinajstić information content (AvgIpc) is 2.35. The van der Waals surface area contributed by atoms with Gasteiger partial charge in [-0.15, -0.1) is 0 Å². The lowest BCUT2D eigenvalue weighted by Gasteiger charge is -2.07. The largest absolute Gasteiger partial charge is 0.478 e. The number of anilines is 1. The monoisotopic (exact) mass is 285 g/mol. The third-order valence-electron chi connectivity index (χ3n) is 2.11. The van der Waals surface area contributed by atoms with Crippen molar-refractivity contribution in [1.82, 2.24) is 5.32 Å². The summed E-state index contributed by atoms with van der Waals surface area (Å²) in [7, 11) is 0. The molecule has 19 heavy (non-hydrogen) atoms. The van der Waals surface area contributed by atoms with E-state index in [1.54, 1.807) is 0 Å². The highest BCUT2D eigenvalue weighted by molar-refractivity contribution is 6.33. The molecule has 0 heterocycles. The van der Waals surface area contributed by atoms with Gasteiger partial charge in [-0.05, 0) is 18.2 Å². The van der Waals surface area contributed by atoms with Crippen molar-refractivity contribution in [3.8, 4) is 0 Å². The quantitative estimate of drug-likeness (QED) is 0.609. The number of carbonyl (C=O) groups is 3. The third kappa shape index (κ3) is 4.57. The fourth-order valence-electron chi connectivity index (χ4n) is 1.22. The first kappa shape index (κ1) is 14.9. The van der Waals surface area contributed by atoms with Gasteiger partial charge in [0.05, 0.1) is 23.7 Å². The van der Waals surface area contributed by atoms with E-state index in [2.05, 4.69) is 10.6 Å². The molecule has 0 atom stereocenters. The van der Waals surface area contributed by atoms with Crippen molar-refractivity contribution < 1.29 is 19.5 Å². The zero-order valence-electron chi connectivity index (χ0n) is 9.77. The van der Waals surface area contributed by atoms with Crippen LogP contribution in [0.3, 0.4) is 0 Å². The summed E-state index contributed by atoms with van der Waals surface area (Å²) in [5.41, 5.74) is 5.33. The Bertz CT molecular complexity index is 519. The Kier molecular flexibility index (Phi) is 5.28. The van der Waals surface area contributed by atoms with Crippen molar-refractivity contribution in [2.24, 2.45) is 5.73 Å². The van der Waals surface area contributed by atoms with Crippen LogP contribution in [0.4, 0.5) is 5.69 Å². The predicted octanol–water partition coefficient (Wildman–Crippen LogP) is 0.0516. The first-order chi connectivity index (χ1) is 8.93. The van der Waals surface area contributed by atoms with Crippen LogP contribution in [0.5, 0.6) is 0 Å². The number of benzene rings is 1. The summed E-state index contributed by atoms with van der Waals surface area (Å²) >= 11 is 5.74. The number of amides is 2. The minimum Gasteiger partial charge on any atom is -0.478 e. The number of hydrogen-bond acceptors (Lipinski definition) is 4. The Balaban J connectivity index is 2.63. The Morgan fingerprint density at radius 1 is 1.26 bits per heavy atom. The number of carbonyl (C=O) groups excluding carboxylic acids is 2. The molecule has 0 aliphatic rings. The maximum Gasteiger partial charge on any atom is 0.337 e. The Morgan fingerprint density at radius 2 is 1.95 bits per heavy atom. The molecule has 1 rings (SSSR count). The van der Waals surface area contributed by atoms with E-state index in [9.17, 15) is 14.4 Å². The highest BCUT2D eigenvalue weighted by Gasteiger charge is 2.10. The molecule has 0 bridgehead atoms. The van der Waals surface area contributed by atoms with E-state index >= 15 is 0 Å². The van der Waals surface area contributed by atoms with Crippen LogP contribution in [0.2, 0.25) is 5.02 Å². The van der Waals surface area contributed by atoms with Crippen LogP contribution in [0.25, 0.3) is 0 Å². The van der Waals surface area contributed by atoms with E-state index in [4.69, 9.17) is 22.4 Å². The fraction of sp³-hybridized carbons (Fsp3) is 0.182. The number of nitrogens with two attached hydrogens (primary N) is 1. The summed E-state index contributed by atoms with van der Waals surface area (Å²) in [6.45, 7) is -0.430. The number of nitrogens with one attached hydrogen (secondary N) is 2. The Labute approximate surface area is 113 Å². The van der Waals surface area contributed by atoms with Crippen LogP contribution in [-0.4, -0.2) is 36.0 Å². The molecule has 102 valence electrons. The molecule has 1 aromatic carbocycles. The van der Waals surface area contributed by atoms with Gasteiger partial charge in [-0.2, -0.15) is 0 Å². The van der Waals surface area contributed by atoms with Crippen LogP contribution >= 0.6 is 11.6 Å². The van der Waals surface area contributed by atoms with Crippen molar-refractivity contribution in [2.75, 3.05) is 18.4 Å². The zero-order valence-corrected chi connectivity index (χ0v) is 10.5. The molecule has 8 heteroatoms. The van der Waals surface area contributed by atoms with E-state index in [1.165, 1.54) is 18.2 Å². The number of hydrogen-bond donors (Lipinski definition) is 4. The van der Waals surface area contributed by atoms with Crippen LogP contribution < -0.4 is 16.4 Å². The molecule has 0 aliphatic heterocycles. The average molecular weight is 286 g/mol. The van der Waals surface area contributed by atoms with Crippen LogP contribution in [0, 0.1) is 0 Å². The van der Waals surface area contributed by atoms with Gasteiger partial charge in [-0.25, -0.2) is 4.79 Å². The smallest absolute Gasteiger partial charge is 0.337 e. The first-order valence-corrected chi connectivity index (χ1v) is 5.61. The van der Waals surface area contributed by atoms with Crippen molar-refractivity contribution in [2.45, 2.75) is 0 Å². The van der Waals surface area contributed by atoms with Crippen molar-refractivity contribution >= 4 is 35.1 Å². The van der Waals surface area contributed by atoms with E-state index in [-0.39, 0.29) is 23.7 Å². The van der Waals surface area contributed by atoms with E-state index in [0.717, 1.165) is 0 Å². The van der Waals surface area contributed by atoms with Crippen molar-refractivity contribution in [1.29, 1.82) is 0 Å². The van der Waals surface area contributed by atoms with Gasteiger partial charge in [0.15, 0.2) is 0 Å². The molecule has 7 nitrogen and oxygen atoms in total. The molecule has 0 spiro atoms. The minimum absolute atomic E-state index is 0.0105. The zero-order chi connectivity index (χ0) is 14.4. The second kappa shape index (κ2) is 6.72. The van der Waals surface area contributed by atoms with E-state index in [0.29, 0.717) is 5.69 Å². The van der Waals surface area contributed by atoms with E-state index < -0.39 is 17.8 Å². The molecule has 0 aliphatic carbocycles. The van der Waals surface area contributed by atoms with Gasteiger partial charge in [0.2, 0.25) is 11.8 Å². The minimum atomic E-state index is -1.15. The molecule has 0 fully saturated rings. The van der Waals surface area contributed by atoms with Crippen LogP contribution in [0.1, 0.15) is 10.4 Å². The lowest BCUT2D eigenvalue weighted by atomic mass is 10.2. The van der Waals surface area contributed by atoms with Gasteiger partial charge in [-0.1, -0.05) is 11.6 Å². The topological polar surface area (TPSA) is 122 Å². The standard InChI is InChI=1S/C11H12ClN3O4/c12-8-3-6(1-2-7(8)11(18)19)15-10(17)5-14-9(16)4-13/h1-3H,4-5,13H2,(H,14,16)(H,15,17)(H,18,19). The summed E-state index contributed by atoms with van der Waals surface area (Å²) in [6.07, 6.45) is 0. The number of carboxylic acids is 1. The molecular formula is C11H12ClN3O4. The SMILES string of the molecule is NCC(=O)NCC(=O)Nc1ccc(C(=O)O)c(Cl)c1. The number of rotatable bonds is 5.